The molecule has 0 bridgehead atoms. The molecule has 1 saturated heterocycles. The minimum absolute atomic E-state index is 0.0404. The second-order valence-corrected chi connectivity index (χ2v) is 7.23. The molecule has 0 aliphatic carbocycles. The van der Waals surface area contributed by atoms with Crippen molar-refractivity contribution in [1.29, 1.82) is 0 Å². The summed E-state index contributed by atoms with van der Waals surface area (Å²) in [6, 6.07) is 12.3. The first-order chi connectivity index (χ1) is 11.2. The van der Waals surface area contributed by atoms with Crippen LogP contribution in [0.25, 0.3) is 0 Å². The predicted octanol–water partition coefficient (Wildman–Crippen LogP) is 3.60. The summed E-state index contributed by atoms with van der Waals surface area (Å²) in [6.07, 6.45) is 3.73. The first kappa shape index (κ1) is 16.2. The van der Waals surface area contributed by atoms with Crippen molar-refractivity contribution in [3.63, 3.8) is 0 Å². The van der Waals surface area contributed by atoms with Crippen molar-refractivity contribution in [2.75, 3.05) is 19.7 Å². The number of carbonyl (C=O) groups excluding carboxylic acids is 1. The summed E-state index contributed by atoms with van der Waals surface area (Å²) >= 11 is 1.55. The molecule has 1 aliphatic rings. The Bertz CT molecular complexity index is 616. The number of hydrogen-bond donors (Lipinski definition) is 1. The van der Waals surface area contributed by atoms with Crippen molar-refractivity contribution >= 4 is 17.2 Å². The summed E-state index contributed by atoms with van der Waals surface area (Å²) in [5.41, 5.74) is 2.06. The van der Waals surface area contributed by atoms with E-state index in [0.29, 0.717) is 0 Å². The average molecular weight is 329 g/mol. The SMILES string of the molecule is O=C(c1ccsc1)N1CCC(CO)(CCc2ccccc2)CC1. The second kappa shape index (κ2) is 7.28. The lowest BCUT2D eigenvalue weighted by Gasteiger charge is -2.41. The van der Waals surface area contributed by atoms with Crippen LogP contribution in [0.4, 0.5) is 0 Å². The Morgan fingerprint density at radius 3 is 2.52 bits per heavy atom. The molecule has 1 amide bonds. The maximum atomic E-state index is 12.4. The summed E-state index contributed by atoms with van der Waals surface area (Å²) in [7, 11) is 0. The van der Waals surface area contributed by atoms with E-state index in [9.17, 15) is 9.90 Å². The number of piperidine rings is 1. The van der Waals surface area contributed by atoms with Crippen molar-refractivity contribution in [3.05, 3.63) is 58.3 Å². The molecule has 0 unspecified atom stereocenters. The van der Waals surface area contributed by atoms with Crippen LogP contribution >= 0.6 is 11.3 Å². The molecule has 1 fully saturated rings. The standard InChI is InChI=1S/C19H23NO2S/c21-15-19(8-6-16-4-2-1-3-5-16)9-11-20(12-10-19)18(22)17-7-13-23-14-17/h1-5,7,13-14,21H,6,8-12,15H2. The molecule has 0 spiro atoms. The number of rotatable bonds is 5. The van der Waals surface area contributed by atoms with Gasteiger partial charge in [0, 0.05) is 25.1 Å². The van der Waals surface area contributed by atoms with Gasteiger partial charge in [0.15, 0.2) is 0 Å². The quantitative estimate of drug-likeness (QED) is 0.910. The minimum atomic E-state index is -0.0404. The average Bonchev–Trinajstić information content (AvgIpc) is 3.15. The Kier molecular flexibility index (Phi) is 5.13. The predicted molar refractivity (Wildman–Crippen MR) is 93.7 cm³/mol. The van der Waals surface area contributed by atoms with E-state index in [1.165, 1.54) is 5.56 Å². The zero-order chi connectivity index (χ0) is 16.1. The van der Waals surface area contributed by atoms with E-state index in [-0.39, 0.29) is 17.9 Å². The fraction of sp³-hybridized carbons (Fsp3) is 0.421. The van der Waals surface area contributed by atoms with E-state index >= 15 is 0 Å². The highest BCUT2D eigenvalue weighted by atomic mass is 32.1. The minimum Gasteiger partial charge on any atom is -0.396 e. The first-order valence-electron chi connectivity index (χ1n) is 8.19. The van der Waals surface area contributed by atoms with E-state index < -0.39 is 0 Å². The Balaban J connectivity index is 1.57. The van der Waals surface area contributed by atoms with Gasteiger partial charge in [0.1, 0.15) is 0 Å². The number of carbonyl (C=O) groups is 1. The lowest BCUT2D eigenvalue weighted by atomic mass is 9.75. The van der Waals surface area contributed by atoms with Crippen LogP contribution in [0, 0.1) is 5.41 Å². The van der Waals surface area contributed by atoms with Crippen LogP contribution in [0.15, 0.2) is 47.2 Å². The number of thiophene rings is 1. The molecular formula is C19H23NO2S. The molecule has 0 radical (unpaired) electrons. The van der Waals surface area contributed by atoms with Crippen LogP contribution in [0.2, 0.25) is 0 Å². The molecule has 2 aromatic rings. The lowest BCUT2D eigenvalue weighted by molar-refractivity contribution is 0.0315. The van der Waals surface area contributed by atoms with Crippen LogP contribution in [0.5, 0.6) is 0 Å². The summed E-state index contributed by atoms with van der Waals surface area (Å²) in [4.78, 5) is 14.3. The van der Waals surface area contributed by atoms with Gasteiger partial charge in [-0.25, -0.2) is 0 Å². The van der Waals surface area contributed by atoms with Gasteiger partial charge in [-0.05, 0) is 48.1 Å². The molecule has 2 heterocycles. The highest BCUT2D eigenvalue weighted by Crippen LogP contribution is 2.36. The lowest BCUT2D eigenvalue weighted by Crippen LogP contribution is -2.44. The zero-order valence-corrected chi connectivity index (χ0v) is 14.1. The molecule has 3 rings (SSSR count). The van der Waals surface area contributed by atoms with Crippen LogP contribution in [0.1, 0.15) is 35.2 Å². The van der Waals surface area contributed by atoms with E-state index in [2.05, 4.69) is 24.3 Å². The molecule has 1 aromatic heterocycles. The number of benzene rings is 1. The van der Waals surface area contributed by atoms with Crippen LogP contribution in [0.3, 0.4) is 0 Å². The largest absolute Gasteiger partial charge is 0.396 e. The van der Waals surface area contributed by atoms with Crippen molar-refractivity contribution in [2.45, 2.75) is 25.7 Å². The number of hydrogen-bond acceptors (Lipinski definition) is 3. The maximum Gasteiger partial charge on any atom is 0.254 e. The molecule has 0 saturated carbocycles. The highest BCUT2D eigenvalue weighted by molar-refractivity contribution is 7.08. The third-order valence-corrected chi connectivity index (χ3v) is 5.68. The van der Waals surface area contributed by atoms with Gasteiger partial charge in [-0.3, -0.25) is 4.79 Å². The van der Waals surface area contributed by atoms with E-state index in [4.69, 9.17) is 0 Å². The van der Waals surface area contributed by atoms with Gasteiger partial charge in [0.25, 0.3) is 5.91 Å². The summed E-state index contributed by atoms with van der Waals surface area (Å²) in [5, 5.41) is 13.8. The molecule has 122 valence electrons. The second-order valence-electron chi connectivity index (χ2n) is 6.45. The number of aliphatic hydroxyl groups is 1. The van der Waals surface area contributed by atoms with Crippen molar-refractivity contribution < 1.29 is 9.90 Å². The van der Waals surface area contributed by atoms with Crippen molar-refractivity contribution in [2.24, 2.45) is 5.41 Å². The fourth-order valence-electron chi connectivity index (χ4n) is 3.29. The number of aryl methyl sites for hydroxylation is 1. The Labute approximate surface area is 141 Å². The van der Waals surface area contributed by atoms with Gasteiger partial charge in [0.2, 0.25) is 0 Å². The highest BCUT2D eigenvalue weighted by Gasteiger charge is 2.35. The molecule has 1 aromatic carbocycles. The van der Waals surface area contributed by atoms with Gasteiger partial charge in [-0.2, -0.15) is 11.3 Å². The van der Waals surface area contributed by atoms with Gasteiger partial charge in [0.05, 0.1) is 5.56 Å². The summed E-state index contributed by atoms with van der Waals surface area (Å²) in [5.74, 6) is 0.126. The Morgan fingerprint density at radius 1 is 1.17 bits per heavy atom. The van der Waals surface area contributed by atoms with E-state index in [1.54, 1.807) is 11.3 Å². The third-order valence-electron chi connectivity index (χ3n) is 5.00. The van der Waals surface area contributed by atoms with Gasteiger partial charge < -0.3 is 10.0 Å². The number of aliphatic hydroxyl groups excluding tert-OH is 1. The smallest absolute Gasteiger partial charge is 0.254 e. The molecule has 3 nitrogen and oxygen atoms in total. The topological polar surface area (TPSA) is 40.5 Å². The third kappa shape index (κ3) is 3.82. The Morgan fingerprint density at radius 2 is 1.91 bits per heavy atom. The summed E-state index contributed by atoms with van der Waals surface area (Å²) in [6.45, 7) is 1.69. The first-order valence-corrected chi connectivity index (χ1v) is 9.13. The fourth-order valence-corrected chi connectivity index (χ4v) is 3.92. The zero-order valence-electron chi connectivity index (χ0n) is 13.3. The Hall–Kier alpha value is -1.65. The number of likely N-dealkylation sites (tertiary alicyclic amines) is 1. The van der Waals surface area contributed by atoms with Gasteiger partial charge >= 0.3 is 0 Å². The monoisotopic (exact) mass is 329 g/mol. The number of nitrogens with zero attached hydrogens (tertiary/aromatic N) is 1. The van der Waals surface area contributed by atoms with Crippen LogP contribution in [-0.4, -0.2) is 35.6 Å². The molecule has 23 heavy (non-hydrogen) atoms. The maximum absolute atomic E-state index is 12.4. The molecular weight excluding hydrogens is 306 g/mol. The molecule has 1 aliphatic heterocycles. The van der Waals surface area contributed by atoms with Gasteiger partial charge in [-0.1, -0.05) is 30.3 Å². The van der Waals surface area contributed by atoms with Crippen molar-refractivity contribution in [1.82, 2.24) is 4.90 Å². The van der Waals surface area contributed by atoms with Crippen LogP contribution < -0.4 is 0 Å². The molecule has 1 N–H and O–H groups in total. The number of amides is 1. The normalized spacial score (nSPS) is 17.2. The van der Waals surface area contributed by atoms with E-state index in [0.717, 1.165) is 44.3 Å². The van der Waals surface area contributed by atoms with E-state index in [1.807, 2.05) is 27.8 Å². The molecule has 4 heteroatoms. The molecule has 0 atom stereocenters. The van der Waals surface area contributed by atoms with Crippen LogP contribution in [-0.2, 0) is 6.42 Å². The van der Waals surface area contributed by atoms with Gasteiger partial charge in [-0.15, -0.1) is 0 Å². The summed E-state index contributed by atoms with van der Waals surface area (Å²) < 4.78 is 0. The van der Waals surface area contributed by atoms with Crippen molar-refractivity contribution in [3.8, 4) is 0 Å².